The SMILES string of the molecule is CB(O)Nc1cc(CN2CCN(CC(=O)O)CCOCCN(CC(=O)O)CC2)cc(CN2CCN(CC(=O)O)CCOCCN(CC(=O)O)CC2)c1. The summed E-state index contributed by atoms with van der Waals surface area (Å²) in [5.74, 6) is -3.72. The lowest BCUT2D eigenvalue weighted by atomic mass is 9.88. The fraction of sp³-hybridized carbons (Fsp3) is 0.697. The summed E-state index contributed by atoms with van der Waals surface area (Å²) < 4.78 is 11.4. The standard InChI is InChI=1S/C33H56BN7O11/c1-34(50)35-29-19-27(21-36-2-6-38(23-30(42)43)10-14-51-15-11-39(7-3-36)24-31(44)45)18-28(20-29)22-37-4-8-40(25-32(46)47)12-16-52-17-13-41(9-5-37)26-33(48)49/h18-20,35,50H,2-17,21-26H2,1H3,(H,42,43)(H,44,45)(H,46,47)(H,48,49). The van der Waals surface area contributed by atoms with Crippen molar-refractivity contribution in [3.05, 3.63) is 29.3 Å². The van der Waals surface area contributed by atoms with Gasteiger partial charge in [-0.15, -0.1) is 0 Å². The molecule has 52 heavy (non-hydrogen) atoms. The maximum atomic E-state index is 11.6. The first-order valence-corrected chi connectivity index (χ1v) is 17.8. The monoisotopic (exact) mass is 737 g/mol. The van der Waals surface area contributed by atoms with Crippen LogP contribution < -0.4 is 5.23 Å². The molecule has 19 heteroatoms. The molecular formula is C33H56BN7O11. The Labute approximate surface area is 305 Å². The Kier molecular flexibility index (Phi) is 19.3. The predicted octanol–water partition coefficient (Wildman–Crippen LogP) is -1.58. The minimum Gasteiger partial charge on any atom is -0.480 e. The minimum absolute atomic E-state index is 0.128. The summed E-state index contributed by atoms with van der Waals surface area (Å²) in [5, 5.41) is 51.2. The number of carboxylic acid groups (broad SMARTS) is 4. The van der Waals surface area contributed by atoms with E-state index in [2.05, 4.69) is 21.1 Å². The number of aliphatic carboxylic acids is 4. The lowest BCUT2D eigenvalue weighted by Crippen LogP contribution is -2.44. The first-order valence-electron chi connectivity index (χ1n) is 17.8. The molecule has 0 aromatic heterocycles. The van der Waals surface area contributed by atoms with Gasteiger partial charge in [0.2, 0.25) is 0 Å². The average molecular weight is 738 g/mol. The van der Waals surface area contributed by atoms with Crippen LogP contribution in [-0.2, 0) is 41.7 Å². The van der Waals surface area contributed by atoms with E-state index in [1.165, 1.54) is 0 Å². The van der Waals surface area contributed by atoms with Gasteiger partial charge in [0.25, 0.3) is 0 Å². The van der Waals surface area contributed by atoms with Crippen LogP contribution in [0.1, 0.15) is 11.1 Å². The van der Waals surface area contributed by atoms with E-state index in [9.17, 15) is 44.6 Å². The van der Waals surface area contributed by atoms with E-state index in [-0.39, 0.29) is 26.2 Å². The van der Waals surface area contributed by atoms with E-state index in [0.29, 0.717) is 124 Å². The van der Waals surface area contributed by atoms with Crippen molar-refractivity contribution >= 4 is 36.6 Å². The molecule has 18 nitrogen and oxygen atoms in total. The van der Waals surface area contributed by atoms with Crippen LogP contribution in [0.25, 0.3) is 0 Å². The number of rotatable bonds is 14. The van der Waals surface area contributed by atoms with Crippen LogP contribution in [-0.4, -0.2) is 217 Å². The summed E-state index contributed by atoms with van der Waals surface area (Å²) in [6, 6.07) is 5.96. The summed E-state index contributed by atoms with van der Waals surface area (Å²) in [5.41, 5.74) is 2.55. The molecule has 1 aromatic carbocycles. The second-order valence-corrected chi connectivity index (χ2v) is 13.3. The van der Waals surface area contributed by atoms with Gasteiger partial charge in [-0.2, -0.15) is 0 Å². The van der Waals surface area contributed by atoms with Gasteiger partial charge in [0.1, 0.15) is 0 Å². The number of nitrogens with zero attached hydrogens (tertiary/aromatic N) is 6. The molecule has 2 saturated heterocycles. The highest BCUT2D eigenvalue weighted by atomic mass is 16.5. The Morgan fingerprint density at radius 3 is 1.10 bits per heavy atom. The van der Waals surface area contributed by atoms with Crippen LogP contribution in [0.15, 0.2) is 18.2 Å². The van der Waals surface area contributed by atoms with Crippen molar-refractivity contribution in [3.63, 3.8) is 0 Å². The molecule has 0 saturated carbocycles. The zero-order chi connectivity index (χ0) is 37.9. The Hall–Kier alpha value is -3.40. The molecule has 0 spiro atoms. The van der Waals surface area contributed by atoms with Crippen molar-refractivity contribution in [1.29, 1.82) is 0 Å². The highest BCUT2D eigenvalue weighted by Gasteiger charge is 2.20. The van der Waals surface area contributed by atoms with Gasteiger partial charge >= 0.3 is 30.9 Å². The van der Waals surface area contributed by atoms with Crippen molar-refractivity contribution in [2.24, 2.45) is 0 Å². The van der Waals surface area contributed by atoms with E-state index >= 15 is 0 Å². The lowest BCUT2D eigenvalue weighted by molar-refractivity contribution is -0.140. The summed E-state index contributed by atoms with van der Waals surface area (Å²) in [4.78, 5) is 57.9. The highest BCUT2D eigenvalue weighted by Crippen LogP contribution is 2.19. The molecule has 2 fully saturated rings. The number of anilines is 1. The third kappa shape index (κ3) is 18.4. The summed E-state index contributed by atoms with van der Waals surface area (Å²) in [6.45, 7) is 9.01. The summed E-state index contributed by atoms with van der Waals surface area (Å²) in [6.07, 6.45) is 0. The van der Waals surface area contributed by atoms with Crippen LogP contribution in [0.4, 0.5) is 5.69 Å². The molecule has 0 unspecified atom stereocenters. The molecule has 3 rings (SSSR count). The molecule has 6 N–H and O–H groups in total. The number of carbonyl (C=O) groups is 4. The first kappa shape index (κ1) is 43.0. The van der Waals surface area contributed by atoms with E-state index in [4.69, 9.17) is 9.47 Å². The van der Waals surface area contributed by atoms with E-state index < -0.39 is 30.9 Å². The molecule has 0 radical (unpaired) electrons. The van der Waals surface area contributed by atoms with E-state index in [0.717, 1.165) is 11.1 Å². The van der Waals surface area contributed by atoms with Crippen LogP contribution in [0.2, 0.25) is 6.82 Å². The predicted molar refractivity (Wildman–Crippen MR) is 192 cm³/mol. The molecule has 0 atom stereocenters. The fourth-order valence-corrected chi connectivity index (χ4v) is 6.28. The van der Waals surface area contributed by atoms with Crippen LogP contribution in [0, 0.1) is 0 Å². The number of hydrogen-bond donors (Lipinski definition) is 6. The zero-order valence-electron chi connectivity index (χ0n) is 30.2. The van der Waals surface area contributed by atoms with Crippen LogP contribution in [0.3, 0.4) is 0 Å². The summed E-state index contributed by atoms with van der Waals surface area (Å²) in [7, 11) is -0.834. The van der Waals surface area contributed by atoms with Crippen molar-refractivity contribution in [2.75, 3.05) is 136 Å². The van der Waals surface area contributed by atoms with E-state index in [1.54, 1.807) is 6.82 Å². The quantitative estimate of drug-likeness (QED) is 0.119. The van der Waals surface area contributed by atoms with Crippen LogP contribution >= 0.6 is 0 Å². The van der Waals surface area contributed by atoms with Gasteiger partial charge in [-0.3, -0.25) is 48.6 Å². The molecule has 292 valence electrons. The number of ether oxygens (including phenoxy) is 2. The molecule has 0 aliphatic carbocycles. The van der Waals surface area contributed by atoms with Gasteiger partial charge < -0.3 is 40.2 Å². The van der Waals surface area contributed by atoms with Gasteiger partial charge in [0, 0.05) is 97.3 Å². The molecule has 2 aliphatic heterocycles. The van der Waals surface area contributed by atoms with E-state index in [1.807, 2.05) is 31.7 Å². The molecule has 0 bridgehead atoms. The van der Waals surface area contributed by atoms with Crippen molar-refractivity contribution < 1.29 is 54.1 Å². The third-order valence-corrected chi connectivity index (χ3v) is 8.81. The molecule has 2 aliphatic rings. The van der Waals surface area contributed by atoms with Crippen LogP contribution in [0.5, 0.6) is 0 Å². The molecule has 0 amide bonds. The topological polar surface area (TPSA) is 219 Å². The first-order chi connectivity index (χ1) is 24.8. The number of benzene rings is 1. The largest absolute Gasteiger partial charge is 0.480 e. The number of carboxylic acids is 4. The normalized spacial score (nSPS) is 19.7. The van der Waals surface area contributed by atoms with Gasteiger partial charge in [0.05, 0.1) is 52.6 Å². The Balaban J connectivity index is 1.87. The third-order valence-electron chi connectivity index (χ3n) is 8.81. The second-order valence-electron chi connectivity index (χ2n) is 13.3. The minimum atomic E-state index is -0.931. The van der Waals surface area contributed by atoms with Gasteiger partial charge in [-0.1, -0.05) is 6.07 Å². The molecule has 2 heterocycles. The van der Waals surface area contributed by atoms with Crippen molar-refractivity contribution in [2.45, 2.75) is 19.9 Å². The number of hydrogen-bond acceptors (Lipinski definition) is 14. The molecular weight excluding hydrogens is 681 g/mol. The maximum absolute atomic E-state index is 11.6. The van der Waals surface area contributed by atoms with Crippen molar-refractivity contribution in [3.8, 4) is 0 Å². The van der Waals surface area contributed by atoms with Gasteiger partial charge in [-0.05, 0) is 30.1 Å². The van der Waals surface area contributed by atoms with Gasteiger partial charge in [0.15, 0.2) is 0 Å². The lowest BCUT2D eigenvalue weighted by Gasteiger charge is -2.31. The highest BCUT2D eigenvalue weighted by molar-refractivity contribution is 6.52. The molecule has 1 aromatic rings. The second kappa shape index (κ2) is 23.3. The Morgan fingerprint density at radius 2 is 0.827 bits per heavy atom. The van der Waals surface area contributed by atoms with Gasteiger partial charge in [-0.25, -0.2) is 0 Å². The fourth-order valence-electron chi connectivity index (χ4n) is 6.28. The zero-order valence-corrected chi connectivity index (χ0v) is 30.2. The number of nitrogens with one attached hydrogen (secondary N) is 1. The Morgan fingerprint density at radius 1 is 0.538 bits per heavy atom. The Bertz CT molecular complexity index is 1130. The smallest absolute Gasteiger partial charge is 0.406 e. The summed E-state index contributed by atoms with van der Waals surface area (Å²) >= 11 is 0. The average Bonchev–Trinajstić information content (AvgIpc) is 3.03. The van der Waals surface area contributed by atoms with Crippen molar-refractivity contribution in [1.82, 2.24) is 29.4 Å². The maximum Gasteiger partial charge on any atom is 0.406 e.